The van der Waals surface area contributed by atoms with Crippen LogP contribution in [0.3, 0.4) is 0 Å². The molecule has 2 rings (SSSR count). The van der Waals surface area contributed by atoms with E-state index in [9.17, 15) is 9.59 Å². The van der Waals surface area contributed by atoms with E-state index in [1.54, 1.807) is 6.92 Å². The number of Topliss-reactive ketones (excluding diaryl/α,β-unsaturated/α-hetero) is 1. The van der Waals surface area contributed by atoms with Crippen LogP contribution in [0.2, 0.25) is 0 Å². The highest BCUT2D eigenvalue weighted by Gasteiger charge is 2.28. The van der Waals surface area contributed by atoms with Crippen LogP contribution in [-0.2, 0) is 16.0 Å². The number of carbonyl (C=O) groups is 2. The van der Waals surface area contributed by atoms with E-state index in [2.05, 4.69) is 19.2 Å². The molecule has 0 heterocycles. The molecule has 0 saturated heterocycles. The van der Waals surface area contributed by atoms with Crippen molar-refractivity contribution in [1.82, 2.24) is 5.32 Å². The fourth-order valence-electron chi connectivity index (χ4n) is 3.26. The third-order valence-electron chi connectivity index (χ3n) is 5.11. The summed E-state index contributed by atoms with van der Waals surface area (Å²) >= 11 is 0. The Bertz CT molecular complexity index is 553. The highest BCUT2D eigenvalue weighted by molar-refractivity contribution is 5.78. The van der Waals surface area contributed by atoms with E-state index in [1.807, 2.05) is 24.3 Å². The molecule has 24 heavy (non-hydrogen) atoms. The van der Waals surface area contributed by atoms with Gasteiger partial charge >= 0.3 is 0 Å². The monoisotopic (exact) mass is 331 g/mol. The first-order valence-corrected chi connectivity index (χ1v) is 8.96. The van der Waals surface area contributed by atoms with Gasteiger partial charge < -0.3 is 14.8 Å². The van der Waals surface area contributed by atoms with Crippen molar-refractivity contribution < 1.29 is 14.3 Å². The standard InChI is InChI=1S/C20H29NO3/c1-14-5-4-6-19(16(14)3)21-20(23)13-24-18-11-9-17(10-12-18)8-7-15(2)22/h9-12,14,16,19H,4-8,13H2,1-3H3,(H,21,23)/t14-,16+,19-/m1/s1. The summed E-state index contributed by atoms with van der Waals surface area (Å²) in [5.74, 6) is 2.00. The minimum atomic E-state index is -0.0541. The maximum atomic E-state index is 12.1. The van der Waals surface area contributed by atoms with Crippen LogP contribution in [-0.4, -0.2) is 24.3 Å². The molecule has 3 atom stereocenters. The average molecular weight is 331 g/mol. The van der Waals surface area contributed by atoms with Crippen molar-refractivity contribution in [3.8, 4) is 5.75 Å². The van der Waals surface area contributed by atoms with Crippen molar-refractivity contribution in [3.05, 3.63) is 29.8 Å². The van der Waals surface area contributed by atoms with Gasteiger partial charge in [-0.15, -0.1) is 0 Å². The summed E-state index contributed by atoms with van der Waals surface area (Å²) < 4.78 is 5.57. The third-order valence-corrected chi connectivity index (χ3v) is 5.11. The molecule has 0 bridgehead atoms. The lowest BCUT2D eigenvalue weighted by Gasteiger charge is -2.34. The average Bonchev–Trinajstić information content (AvgIpc) is 2.56. The Hall–Kier alpha value is -1.84. The van der Waals surface area contributed by atoms with Crippen molar-refractivity contribution in [2.24, 2.45) is 11.8 Å². The third kappa shape index (κ3) is 5.66. The van der Waals surface area contributed by atoms with Gasteiger partial charge in [0.15, 0.2) is 6.61 Å². The summed E-state index contributed by atoms with van der Waals surface area (Å²) in [6.07, 6.45) is 4.79. The quantitative estimate of drug-likeness (QED) is 0.831. The predicted molar refractivity (Wildman–Crippen MR) is 95.0 cm³/mol. The molecule has 0 radical (unpaired) electrons. The molecule has 1 amide bonds. The lowest BCUT2D eigenvalue weighted by molar-refractivity contribution is -0.124. The van der Waals surface area contributed by atoms with Gasteiger partial charge in [0.05, 0.1) is 0 Å². The molecule has 4 heteroatoms. The maximum Gasteiger partial charge on any atom is 0.258 e. The van der Waals surface area contributed by atoms with Gasteiger partial charge in [0.1, 0.15) is 11.5 Å². The number of amides is 1. The van der Waals surface area contributed by atoms with Gasteiger partial charge in [0, 0.05) is 12.5 Å². The first-order valence-electron chi connectivity index (χ1n) is 8.96. The van der Waals surface area contributed by atoms with Gasteiger partial charge in [-0.05, 0) is 49.3 Å². The Kier molecular flexibility index (Phi) is 6.83. The molecule has 1 fully saturated rings. The maximum absolute atomic E-state index is 12.1. The fraction of sp³-hybridized carbons (Fsp3) is 0.600. The van der Waals surface area contributed by atoms with Gasteiger partial charge in [-0.2, -0.15) is 0 Å². The minimum Gasteiger partial charge on any atom is -0.484 e. The number of carbonyl (C=O) groups excluding carboxylic acids is 2. The van der Waals surface area contributed by atoms with Crippen LogP contribution in [0.5, 0.6) is 5.75 Å². The van der Waals surface area contributed by atoms with Crippen molar-refractivity contribution in [2.75, 3.05) is 6.61 Å². The Morgan fingerprint density at radius 3 is 2.54 bits per heavy atom. The van der Waals surface area contributed by atoms with E-state index in [-0.39, 0.29) is 24.3 Å². The molecule has 0 aliphatic heterocycles. The molecule has 4 nitrogen and oxygen atoms in total. The molecule has 0 aromatic heterocycles. The molecule has 1 aromatic carbocycles. The van der Waals surface area contributed by atoms with Crippen LogP contribution in [0, 0.1) is 11.8 Å². The second kappa shape index (κ2) is 8.86. The lowest BCUT2D eigenvalue weighted by atomic mass is 9.78. The highest BCUT2D eigenvalue weighted by Crippen LogP contribution is 2.29. The molecule has 1 N–H and O–H groups in total. The van der Waals surface area contributed by atoms with Crippen molar-refractivity contribution in [3.63, 3.8) is 0 Å². The SMILES string of the molecule is CC(=O)CCc1ccc(OCC(=O)N[C@@H]2CCC[C@@H](C)[C@@H]2C)cc1. The number of hydrogen-bond acceptors (Lipinski definition) is 3. The minimum absolute atomic E-state index is 0.0460. The lowest BCUT2D eigenvalue weighted by Crippen LogP contribution is -2.45. The summed E-state index contributed by atoms with van der Waals surface area (Å²) in [5, 5.41) is 3.11. The normalized spacial score (nSPS) is 23.5. The number of ketones is 1. The molecular formula is C20H29NO3. The van der Waals surface area contributed by atoms with Gasteiger partial charge in [-0.25, -0.2) is 0 Å². The van der Waals surface area contributed by atoms with Gasteiger partial charge in [0.2, 0.25) is 0 Å². The van der Waals surface area contributed by atoms with Gasteiger partial charge in [-0.1, -0.05) is 38.8 Å². The van der Waals surface area contributed by atoms with E-state index in [1.165, 1.54) is 12.8 Å². The summed E-state index contributed by atoms with van der Waals surface area (Å²) in [7, 11) is 0. The molecular weight excluding hydrogens is 302 g/mol. The fourth-order valence-corrected chi connectivity index (χ4v) is 3.26. The van der Waals surface area contributed by atoms with Crippen molar-refractivity contribution >= 4 is 11.7 Å². The zero-order valence-corrected chi connectivity index (χ0v) is 15.0. The predicted octanol–water partition coefficient (Wildman–Crippen LogP) is 3.53. The zero-order chi connectivity index (χ0) is 17.5. The van der Waals surface area contributed by atoms with Crippen LogP contribution >= 0.6 is 0 Å². The Labute approximate surface area is 145 Å². The molecule has 0 unspecified atom stereocenters. The molecule has 1 aliphatic carbocycles. The van der Waals surface area contributed by atoms with Gasteiger partial charge in [0.25, 0.3) is 5.91 Å². The van der Waals surface area contributed by atoms with Crippen LogP contribution in [0.4, 0.5) is 0 Å². The van der Waals surface area contributed by atoms with E-state index in [0.717, 1.165) is 18.4 Å². The van der Waals surface area contributed by atoms with E-state index < -0.39 is 0 Å². The largest absolute Gasteiger partial charge is 0.484 e. The highest BCUT2D eigenvalue weighted by atomic mass is 16.5. The number of rotatable bonds is 7. The number of benzene rings is 1. The van der Waals surface area contributed by atoms with Gasteiger partial charge in [-0.3, -0.25) is 4.79 Å². The Morgan fingerprint density at radius 2 is 1.88 bits per heavy atom. The second-order valence-corrected chi connectivity index (χ2v) is 7.08. The summed E-state index contributed by atoms with van der Waals surface area (Å²) in [5.41, 5.74) is 1.10. The Balaban J connectivity index is 1.76. The van der Waals surface area contributed by atoms with E-state index in [0.29, 0.717) is 24.0 Å². The number of aryl methyl sites for hydroxylation is 1. The van der Waals surface area contributed by atoms with Crippen LogP contribution in [0.1, 0.15) is 52.0 Å². The van der Waals surface area contributed by atoms with Crippen molar-refractivity contribution in [2.45, 2.75) is 58.9 Å². The second-order valence-electron chi connectivity index (χ2n) is 7.08. The van der Waals surface area contributed by atoms with Crippen LogP contribution < -0.4 is 10.1 Å². The summed E-state index contributed by atoms with van der Waals surface area (Å²) in [4.78, 5) is 23.1. The number of nitrogens with one attached hydrogen (secondary N) is 1. The van der Waals surface area contributed by atoms with Crippen molar-refractivity contribution in [1.29, 1.82) is 0 Å². The van der Waals surface area contributed by atoms with E-state index >= 15 is 0 Å². The summed E-state index contributed by atoms with van der Waals surface area (Å²) in [6, 6.07) is 7.86. The van der Waals surface area contributed by atoms with E-state index in [4.69, 9.17) is 4.74 Å². The Morgan fingerprint density at radius 1 is 1.17 bits per heavy atom. The topological polar surface area (TPSA) is 55.4 Å². The number of hydrogen-bond donors (Lipinski definition) is 1. The number of ether oxygens (including phenoxy) is 1. The molecule has 0 spiro atoms. The molecule has 1 aliphatic rings. The zero-order valence-electron chi connectivity index (χ0n) is 15.0. The molecule has 132 valence electrons. The van der Waals surface area contributed by atoms with Crippen LogP contribution in [0.15, 0.2) is 24.3 Å². The first-order chi connectivity index (χ1) is 11.5. The molecule has 1 saturated carbocycles. The first kappa shape index (κ1) is 18.5. The smallest absolute Gasteiger partial charge is 0.258 e. The summed E-state index contributed by atoms with van der Waals surface area (Å²) in [6.45, 7) is 6.12. The van der Waals surface area contributed by atoms with Crippen LogP contribution in [0.25, 0.3) is 0 Å². The molecule has 1 aromatic rings.